The molecule has 1 unspecified atom stereocenters. The van der Waals surface area contributed by atoms with Gasteiger partial charge in [0.25, 0.3) is 21.8 Å². The Balaban J connectivity index is 1.41. The van der Waals surface area contributed by atoms with Crippen molar-refractivity contribution in [3.63, 3.8) is 0 Å². The van der Waals surface area contributed by atoms with Crippen molar-refractivity contribution in [1.29, 1.82) is 0 Å². The van der Waals surface area contributed by atoms with E-state index in [2.05, 4.69) is 15.5 Å². The average Bonchev–Trinajstić information content (AvgIpc) is 3.07. The van der Waals surface area contributed by atoms with Crippen LogP contribution in [0.15, 0.2) is 89.8 Å². The van der Waals surface area contributed by atoms with Crippen LogP contribution >= 0.6 is 0 Å². The largest absolute Gasteiger partial charge is 0.344 e. The Morgan fingerprint density at radius 3 is 2.14 bits per heavy atom. The minimum absolute atomic E-state index is 0.0404. The van der Waals surface area contributed by atoms with E-state index in [9.17, 15) is 22.8 Å². The van der Waals surface area contributed by atoms with Gasteiger partial charge in [-0.2, -0.15) is 5.01 Å². The standard InChI is InChI=1S/C25H24N4O5S/c1-25(17-16-18-8-4-2-5-9-18)23(31)29(24(32)26-25)27-22(30)19-12-14-21(15-13-19)35(33,34)28-20-10-6-3-7-11-20/h2-15,28H,16-17H2,1H3,(H,26,32)(H,27,30). The number of aryl methyl sites for hydroxylation is 1. The number of carbonyl (C=O) groups is 3. The summed E-state index contributed by atoms with van der Waals surface area (Å²) in [5, 5.41) is 3.31. The molecule has 3 N–H and O–H groups in total. The van der Waals surface area contributed by atoms with Crippen molar-refractivity contribution in [3.05, 3.63) is 96.1 Å². The number of hydrogen-bond acceptors (Lipinski definition) is 5. The molecule has 0 radical (unpaired) electrons. The van der Waals surface area contributed by atoms with Gasteiger partial charge in [-0.05, 0) is 61.7 Å². The number of carbonyl (C=O) groups excluding carboxylic acids is 3. The molecule has 4 amide bonds. The molecule has 1 atom stereocenters. The number of nitrogens with one attached hydrogen (secondary N) is 3. The summed E-state index contributed by atoms with van der Waals surface area (Å²) in [6.45, 7) is 1.61. The zero-order chi connectivity index (χ0) is 25.1. The Labute approximate surface area is 203 Å². The molecular weight excluding hydrogens is 468 g/mol. The predicted octanol–water partition coefficient (Wildman–Crippen LogP) is 3.08. The third-order valence-electron chi connectivity index (χ3n) is 5.68. The fraction of sp³-hybridized carbons (Fsp3) is 0.160. The molecule has 1 saturated heterocycles. The number of nitrogens with zero attached hydrogens (tertiary/aromatic N) is 1. The summed E-state index contributed by atoms with van der Waals surface area (Å²) in [6, 6.07) is 22.4. The molecule has 35 heavy (non-hydrogen) atoms. The number of urea groups is 1. The second-order valence-corrected chi connectivity index (χ2v) is 10.0. The Bertz CT molecular complexity index is 1350. The van der Waals surface area contributed by atoms with Crippen LogP contribution in [0, 0.1) is 0 Å². The van der Waals surface area contributed by atoms with Crippen LogP contribution < -0.4 is 15.5 Å². The van der Waals surface area contributed by atoms with Gasteiger partial charge in [0.2, 0.25) is 0 Å². The minimum Gasteiger partial charge on any atom is -0.322 e. The number of anilines is 1. The molecule has 9 nitrogen and oxygen atoms in total. The van der Waals surface area contributed by atoms with E-state index in [4.69, 9.17) is 0 Å². The van der Waals surface area contributed by atoms with Crippen LogP contribution in [0.25, 0.3) is 0 Å². The molecule has 180 valence electrons. The van der Waals surface area contributed by atoms with Gasteiger partial charge >= 0.3 is 6.03 Å². The topological polar surface area (TPSA) is 125 Å². The quantitative estimate of drug-likeness (QED) is 0.417. The van der Waals surface area contributed by atoms with Gasteiger partial charge in [0, 0.05) is 11.3 Å². The van der Waals surface area contributed by atoms with E-state index in [-0.39, 0.29) is 10.5 Å². The lowest BCUT2D eigenvalue weighted by atomic mass is 9.93. The lowest BCUT2D eigenvalue weighted by Crippen LogP contribution is -2.48. The summed E-state index contributed by atoms with van der Waals surface area (Å²) >= 11 is 0. The summed E-state index contributed by atoms with van der Waals surface area (Å²) in [6.07, 6.45) is 0.924. The second-order valence-electron chi connectivity index (χ2n) is 8.33. The van der Waals surface area contributed by atoms with E-state index >= 15 is 0 Å². The van der Waals surface area contributed by atoms with E-state index in [0.29, 0.717) is 23.5 Å². The fourth-order valence-electron chi connectivity index (χ4n) is 3.67. The van der Waals surface area contributed by atoms with E-state index in [1.54, 1.807) is 37.3 Å². The number of sulfonamides is 1. The third-order valence-corrected chi connectivity index (χ3v) is 7.08. The lowest BCUT2D eigenvalue weighted by molar-refractivity contribution is -0.132. The number of amides is 4. The van der Waals surface area contributed by atoms with Crippen LogP contribution in [0.4, 0.5) is 10.5 Å². The van der Waals surface area contributed by atoms with Gasteiger partial charge in [-0.3, -0.25) is 19.7 Å². The van der Waals surface area contributed by atoms with E-state index in [1.165, 1.54) is 24.3 Å². The van der Waals surface area contributed by atoms with E-state index < -0.39 is 33.4 Å². The highest BCUT2D eigenvalue weighted by atomic mass is 32.2. The van der Waals surface area contributed by atoms with Crippen LogP contribution in [-0.4, -0.2) is 36.8 Å². The molecule has 3 aromatic rings. The van der Waals surface area contributed by atoms with Crippen molar-refractivity contribution in [3.8, 4) is 0 Å². The number of imide groups is 1. The Morgan fingerprint density at radius 1 is 0.914 bits per heavy atom. The molecule has 3 aromatic carbocycles. The maximum atomic E-state index is 12.9. The number of benzene rings is 3. The maximum Gasteiger partial charge on any atom is 0.344 e. The Hall–Kier alpha value is -4.18. The molecule has 0 bridgehead atoms. The molecular formula is C25H24N4O5S. The molecule has 1 aliphatic heterocycles. The van der Waals surface area contributed by atoms with Crippen LogP contribution in [0.3, 0.4) is 0 Å². The van der Waals surface area contributed by atoms with Gasteiger partial charge in [-0.1, -0.05) is 48.5 Å². The van der Waals surface area contributed by atoms with Gasteiger partial charge in [-0.15, -0.1) is 0 Å². The van der Waals surface area contributed by atoms with Gasteiger partial charge in [-0.25, -0.2) is 13.2 Å². The van der Waals surface area contributed by atoms with Gasteiger partial charge in [0.05, 0.1) is 4.90 Å². The monoisotopic (exact) mass is 492 g/mol. The fourth-order valence-corrected chi connectivity index (χ4v) is 4.72. The van der Waals surface area contributed by atoms with Gasteiger partial charge < -0.3 is 5.32 Å². The van der Waals surface area contributed by atoms with Crippen molar-refractivity contribution in [2.24, 2.45) is 0 Å². The number of para-hydroxylation sites is 1. The predicted molar refractivity (Wildman–Crippen MR) is 130 cm³/mol. The average molecular weight is 493 g/mol. The van der Waals surface area contributed by atoms with Gasteiger partial charge in [0.15, 0.2) is 0 Å². The van der Waals surface area contributed by atoms with E-state index in [1.807, 2.05) is 30.3 Å². The second kappa shape index (κ2) is 9.59. The highest BCUT2D eigenvalue weighted by Gasteiger charge is 2.48. The summed E-state index contributed by atoms with van der Waals surface area (Å²) in [7, 11) is -3.85. The van der Waals surface area contributed by atoms with Crippen LogP contribution in [0.2, 0.25) is 0 Å². The molecule has 0 saturated carbocycles. The molecule has 1 fully saturated rings. The first kappa shape index (κ1) is 24.0. The number of hydrogen-bond donors (Lipinski definition) is 3. The minimum atomic E-state index is -3.85. The summed E-state index contributed by atoms with van der Waals surface area (Å²) in [5.74, 6) is -1.29. The lowest BCUT2D eigenvalue weighted by Gasteiger charge is -2.21. The SMILES string of the molecule is CC1(CCc2ccccc2)NC(=O)N(NC(=O)c2ccc(S(=O)(=O)Nc3ccccc3)cc2)C1=O. The molecule has 1 aliphatic rings. The van der Waals surface area contributed by atoms with Crippen LogP contribution in [0.1, 0.15) is 29.3 Å². The zero-order valence-electron chi connectivity index (χ0n) is 18.9. The Morgan fingerprint density at radius 2 is 1.51 bits per heavy atom. The molecule has 0 aromatic heterocycles. The van der Waals surface area contributed by atoms with E-state index in [0.717, 1.165) is 5.56 Å². The summed E-state index contributed by atoms with van der Waals surface area (Å²) in [4.78, 5) is 38.0. The van der Waals surface area contributed by atoms with Crippen molar-refractivity contribution < 1.29 is 22.8 Å². The maximum absolute atomic E-state index is 12.9. The number of rotatable bonds is 8. The molecule has 0 spiro atoms. The van der Waals surface area contributed by atoms with Gasteiger partial charge in [0.1, 0.15) is 5.54 Å². The summed E-state index contributed by atoms with van der Waals surface area (Å²) in [5.41, 5.74) is 2.66. The highest BCUT2D eigenvalue weighted by Crippen LogP contribution is 2.23. The smallest absolute Gasteiger partial charge is 0.322 e. The first-order valence-electron chi connectivity index (χ1n) is 10.9. The summed E-state index contributed by atoms with van der Waals surface area (Å²) < 4.78 is 27.6. The normalized spacial score (nSPS) is 17.7. The first-order chi connectivity index (χ1) is 16.7. The molecule has 0 aliphatic carbocycles. The van der Waals surface area contributed by atoms with Crippen molar-refractivity contribution in [1.82, 2.24) is 15.8 Å². The third kappa shape index (κ3) is 5.33. The molecule has 1 heterocycles. The zero-order valence-corrected chi connectivity index (χ0v) is 19.7. The van der Waals surface area contributed by atoms with Crippen molar-refractivity contribution in [2.75, 3.05) is 4.72 Å². The van der Waals surface area contributed by atoms with Crippen molar-refractivity contribution >= 4 is 33.6 Å². The first-order valence-corrected chi connectivity index (χ1v) is 12.4. The van der Waals surface area contributed by atoms with Crippen molar-refractivity contribution in [2.45, 2.75) is 30.2 Å². The highest BCUT2D eigenvalue weighted by molar-refractivity contribution is 7.92. The molecule has 10 heteroatoms. The molecule has 4 rings (SSSR count). The van der Waals surface area contributed by atoms with Crippen LogP contribution in [-0.2, 0) is 21.2 Å². The number of hydrazine groups is 1. The van der Waals surface area contributed by atoms with Crippen LogP contribution in [0.5, 0.6) is 0 Å². The Kier molecular flexibility index (Phi) is 6.57.